The Balaban J connectivity index is 1.59. The number of ether oxygens (including phenoxy) is 2. The fourth-order valence-corrected chi connectivity index (χ4v) is 2.78. The molecule has 1 N–H and O–H groups in total. The number of benzene rings is 1. The van der Waals surface area contributed by atoms with E-state index in [1.165, 1.54) is 19.5 Å². The highest BCUT2D eigenvalue weighted by Crippen LogP contribution is 2.23. The minimum Gasteiger partial charge on any atom is -0.466 e. The number of pyridine rings is 1. The number of nitrogens with one attached hydrogen (secondary N) is 1. The van der Waals surface area contributed by atoms with Crippen LogP contribution in [-0.2, 0) is 14.3 Å². The molecule has 0 unspecified atom stereocenters. The van der Waals surface area contributed by atoms with Crippen LogP contribution >= 0.6 is 11.8 Å². The lowest BCUT2D eigenvalue weighted by molar-refractivity contribution is -0.135. The van der Waals surface area contributed by atoms with Crippen molar-refractivity contribution in [3.8, 4) is 17.7 Å². The van der Waals surface area contributed by atoms with Crippen molar-refractivity contribution in [2.45, 2.75) is 0 Å². The molecule has 0 aliphatic carbocycles. The molecule has 3 rings (SSSR count). The van der Waals surface area contributed by atoms with Crippen molar-refractivity contribution in [2.75, 3.05) is 7.11 Å². The average molecular weight is 407 g/mol. The van der Waals surface area contributed by atoms with Crippen LogP contribution in [0.15, 0.2) is 63.8 Å². The summed E-state index contributed by atoms with van der Waals surface area (Å²) in [5, 5.41) is 19.4. The van der Waals surface area contributed by atoms with Crippen LogP contribution in [-0.4, -0.2) is 35.4 Å². The predicted molar refractivity (Wildman–Crippen MR) is 106 cm³/mol. The standard InChI is InChI=1S/C19H13N5O4S/c1-27-17(25)8-15-18(26)23-19(29-15)24-22-11-12-2-5-14(6-3-12)28-16-7-4-13(9-20)10-21-16/h2-8,10-11H,1H3,(H,23,24,26)/b15-8+,22-11?. The Hall–Kier alpha value is -3.97. The number of nitriles is 1. The van der Waals surface area contributed by atoms with E-state index in [0.717, 1.165) is 23.4 Å². The molecule has 1 aliphatic rings. The first-order valence-electron chi connectivity index (χ1n) is 8.11. The van der Waals surface area contributed by atoms with E-state index >= 15 is 0 Å². The smallest absolute Gasteiger partial charge is 0.331 e. The number of carbonyl (C=O) groups excluding carboxylic acids is 2. The molecule has 0 atom stereocenters. The Labute approximate surface area is 169 Å². The SMILES string of the molecule is COC(=O)/C=C1/S/C(=N\N=Cc2ccc(Oc3ccc(C#N)cn3)cc2)NC1=O. The summed E-state index contributed by atoms with van der Waals surface area (Å²) in [4.78, 5) is 27.1. The number of rotatable bonds is 5. The normalized spacial score (nSPS) is 16.1. The van der Waals surface area contributed by atoms with Crippen LogP contribution in [0.4, 0.5) is 0 Å². The highest BCUT2D eigenvalue weighted by atomic mass is 32.2. The minimum absolute atomic E-state index is 0.184. The minimum atomic E-state index is -0.620. The van der Waals surface area contributed by atoms with E-state index in [4.69, 9.17) is 10.00 Å². The number of methoxy groups -OCH3 is 1. The van der Waals surface area contributed by atoms with Crippen LogP contribution in [0.3, 0.4) is 0 Å². The monoisotopic (exact) mass is 407 g/mol. The third kappa shape index (κ3) is 5.50. The van der Waals surface area contributed by atoms with Crippen LogP contribution in [0, 0.1) is 11.3 Å². The van der Waals surface area contributed by atoms with Gasteiger partial charge >= 0.3 is 5.97 Å². The van der Waals surface area contributed by atoms with Gasteiger partial charge in [0.05, 0.1) is 23.8 Å². The number of hydrogen-bond donors (Lipinski definition) is 1. The van der Waals surface area contributed by atoms with Crippen molar-refractivity contribution >= 4 is 35.0 Å². The molecule has 2 aromatic rings. The quantitative estimate of drug-likeness (QED) is 0.349. The number of esters is 1. The summed E-state index contributed by atoms with van der Waals surface area (Å²) in [6.45, 7) is 0. The molecule has 0 saturated carbocycles. The lowest BCUT2D eigenvalue weighted by Gasteiger charge is -2.04. The molecule has 1 saturated heterocycles. The first-order valence-corrected chi connectivity index (χ1v) is 8.93. The molecule has 0 radical (unpaired) electrons. The van der Waals surface area contributed by atoms with Gasteiger partial charge in [-0.05, 0) is 47.7 Å². The highest BCUT2D eigenvalue weighted by Gasteiger charge is 2.24. The first-order chi connectivity index (χ1) is 14.1. The molecule has 10 heteroatoms. The van der Waals surface area contributed by atoms with Gasteiger partial charge in [-0.2, -0.15) is 10.4 Å². The Morgan fingerprint density at radius 1 is 1.28 bits per heavy atom. The van der Waals surface area contributed by atoms with Crippen LogP contribution in [0.25, 0.3) is 0 Å². The van der Waals surface area contributed by atoms with Crippen LogP contribution in [0.2, 0.25) is 0 Å². The summed E-state index contributed by atoms with van der Waals surface area (Å²) < 4.78 is 10.1. The lowest BCUT2D eigenvalue weighted by atomic mass is 10.2. The third-order valence-electron chi connectivity index (χ3n) is 3.42. The summed E-state index contributed by atoms with van der Waals surface area (Å²) in [5.74, 6) is -0.110. The number of thioether (sulfide) groups is 1. The lowest BCUT2D eigenvalue weighted by Crippen LogP contribution is -2.19. The second-order valence-electron chi connectivity index (χ2n) is 5.41. The number of nitrogens with zero attached hydrogens (tertiary/aromatic N) is 4. The molecule has 0 spiro atoms. The van der Waals surface area contributed by atoms with E-state index in [9.17, 15) is 9.59 Å². The fourth-order valence-electron chi connectivity index (χ4n) is 2.04. The number of hydrogen-bond acceptors (Lipinski definition) is 9. The summed E-state index contributed by atoms with van der Waals surface area (Å²) in [6.07, 6.45) is 4.03. The Kier molecular flexibility index (Phi) is 6.34. The second-order valence-corrected chi connectivity index (χ2v) is 6.44. The van der Waals surface area contributed by atoms with Crippen molar-refractivity contribution in [1.29, 1.82) is 5.26 Å². The summed E-state index contributed by atoms with van der Waals surface area (Å²) in [5.41, 5.74) is 1.21. The topological polar surface area (TPSA) is 126 Å². The molecule has 0 bridgehead atoms. The van der Waals surface area contributed by atoms with Crippen LogP contribution < -0.4 is 10.1 Å². The first kappa shape index (κ1) is 19.8. The predicted octanol–water partition coefficient (Wildman–Crippen LogP) is 2.36. The Morgan fingerprint density at radius 3 is 2.72 bits per heavy atom. The van der Waals surface area contributed by atoms with E-state index in [-0.39, 0.29) is 10.1 Å². The van der Waals surface area contributed by atoms with E-state index in [2.05, 4.69) is 25.2 Å². The zero-order valence-electron chi connectivity index (χ0n) is 15.0. The van der Waals surface area contributed by atoms with Gasteiger partial charge in [-0.25, -0.2) is 9.78 Å². The molecule has 1 aliphatic heterocycles. The molecule has 2 heterocycles. The fraction of sp³-hybridized carbons (Fsp3) is 0.0526. The van der Waals surface area contributed by atoms with Gasteiger partial charge in [0.15, 0.2) is 5.17 Å². The second kappa shape index (κ2) is 9.29. The summed E-state index contributed by atoms with van der Waals surface area (Å²) in [7, 11) is 1.23. The van der Waals surface area contributed by atoms with Crippen molar-refractivity contribution in [3.63, 3.8) is 0 Å². The van der Waals surface area contributed by atoms with Gasteiger partial charge < -0.3 is 9.47 Å². The summed E-state index contributed by atoms with van der Waals surface area (Å²) >= 11 is 0.993. The van der Waals surface area contributed by atoms with Gasteiger partial charge in [0.1, 0.15) is 11.8 Å². The molecule has 1 amide bonds. The van der Waals surface area contributed by atoms with Gasteiger partial charge in [0.2, 0.25) is 5.88 Å². The Morgan fingerprint density at radius 2 is 2.07 bits per heavy atom. The largest absolute Gasteiger partial charge is 0.466 e. The van der Waals surface area contributed by atoms with Crippen LogP contribution in [0.1, 0.15) is 11.1 Å². The van der Waals surface area contributed by atoms with Gasteiger partial charge in [0.25, 0.3) is 5.91 Å². The maximum absolute atomic E-state index is 11.7. The van der Waals surface area contributed by atoms with E-state index < -0.39 is 11.9 Å². The van der Waals surface area contributed by atoms with Crippen molar-refractivity contribution < 1.29 is 19.1 Å². The number of aromatic nitrogens is 1. The Bertz CT molecular complexity index is 1050. The van der Waals surface area contributed by atoms with Crippen molar-refractivity contribution in [2.24, 2.45) is 10.2 Å². The maximum atomic E-state index is 11.7. The molecular weight excluding hydrogens is 394 g/mol. The molecule has 1 aromatic heterocycles. The van der Waals surface area contributed by atoms with E-state index in [1.807, 2.05) is 6.07 Å². The molecule has 1 aromatic carbocycles. The van der Waals surface area contributed by atoms with Gasteiger partial charge in [-0.1, -0.05) is 0 Å². The van der Waals surface area contributed by atoms with Gasteiger partial charge in [-0.15, -0.1) is 5.10 Å². The molecule has 1 fully saturated rings. The summed E-state index contributed by atoms with van der Waals surface area (Å²) in [6, 6.07) is 12.2. The zero-order valence-corrected chi connectivity index (χ0v) is 15.8. The zero-order chi connectivity index (χ0) is 20.6. The van der Waals surface area contributed by atoms with Gasteiger partial charge in [0, 0.05) is 18.3 Å². The molecule has 9 nitrogen and oxygen atoms in total. The van der Waals surface area contributed by atoms with Crippen LogP contribution in [0.5, 0.6) is 11.6 Å². The van der Waals surface area contributed by atoms with E-state index in [1.54, 1.807) is 36.4 Å². The molecule has 29 heavy (non-hydrogen) atoms. The molecular formula is C19H13N5O4S. The molecule has 144 valence electrons. The average Bonchev–Trinajstić information content (AvgIpc) is 3.08. The van der Waals surface area contributed by atoms with Crippen molar-refractivity contribution in [3.05, 3.63) is 64.7 Å². The number of amides is 1. The van der Waals surface area contributed by atoms with Gasteiger partial charge in [-0.3, -0.25) is 10.1 Å². The highest BCUT2D eigenvalue weighted by molar-refractivity contribution is 8.18. The van der Waals surface area contributed by atoms with Crippen molar-refractivity contribution in [1.82, 2.24) is 10.3 Å². The van der Waals surface area contributed by atoms with E-state index in [0.29, 0.717) is 17.2 Å². The maximum Gasteiger partial charge on any atom is 0.331 e. The number of amidine groups is 1. The third-order valence-corrected chi connectivity index (χ3v) is 4.32. The number of carbonyl (C=O) groups is 2.